The lowest BCUT2D eigenvalue weighted by Crippen LogP contribution is -2.42. The van der Waals surface area contributed by atoms with Gasteiger partial charge in [0.25, 0.3) is 0 Å². The Morgan fingerprint density at radius 3 is 2.55 bits per heavy atom. The molecule has 1 saturated heterocycles. The molecule has 2 unspecified atom stereocenters. The third kappa shape index (κ3) is 3.95. The first-order valence-corrected chi connectivity index (χ1v) is 7.69. The van der Waals surface area contributed by atoms with Gasteiger partial charge in [0.15, 0.2) is 0 Å². The van der Waals surface area contributed by atoms with Crippen molar-refractivity contribution in [3.8, 4) is 0 Å². The number of hydrogen-bond acceptors (Lipinski definition) is 4. The van der Waals surface area contributed by atoms with Crippen LogP contribution in [0.3, 0.4) is 0 Å². The molecule has 1 heterocycles. The summed E-state index contributed by atoms with van der Waals surface area (Å²) in [6, 6.07) is 0.354. The van der Waals surface area contributed by atoms with E-state index < -0.39 is 0 Å². The van der Waals surface area contributed by atoms with E-state index in [-0.39, 0.29) is 23.7 Å². The van der Waals surface area contributed by atoms with E-state index in [0.29, 0.717) is 19.1 Å². The normalized spacial score (nSPS) is 28.3. The molecule has 1 amide bonds. The molecule has 2 rings (SSSR count). The lowest BCUT2D eigenvalue weighted by Gasteiger charge is -2.24. The summed E-state index contributed by atoms with van der Waals surface area (Å²) in [6.45, 7) is 3.86. The van der Waals surface area contributed by atoms with Crippen LogP contribution in [0.2, 0.25) is 0 Å². The predicted octanol–water partition coefficient (Wildman–Crippen LogP) is 1.18. The first kappa shape index (κ1) is 15.3. The van der Waals surface area contributed by atoms with Crippen molar-refractivity contribution in [2.75, 3.05) is 26.7 Å². The average molecular weight is 282 g/mol. The van der Waals surface area contributed by atoms with E-state index in [4.69, 9.17) is 4.74 Å². The van der Waals surface area contributed by atoms with Crippen LogP contribution in [0.25, 0.3) is 0 Å². The summed E-state index contributed by atoms with van der Waals surface area (Å²) in [5.74, 6) is 0.0923. The molecule has 2 aliphatic rings. The van der Waals surface area contributed by atoms with Crippen LogP contribution in [0.15, 0.2) is 0 Å². The van der Waals surface area contributed by atoms with Gasteiger partial charge in [0.2, 0.25) is 5.91 Å². The van der Waals surface area contributed by atoms with Gasteiger partial charge in [-0.05, 0) is 18.8 Å². The van der Waals surface area contributed by atoms with Crippen molar-refractivity contribution in [1.29, 1.82) is 0 Å². The average Bonchev–Trinajstić information content (AvgIpc) is 2.79. The van der Waals surface area contributed by atoms with Crippen LogP contribution in [0.4, 0.5) is 0 Å². The number of methoxy groups -OCH3 is 1. The van der Waals surface area contributed by atoms with Gasteiger partial charge in [0.1, 0.15) is 0 Å². The SMILES string of the molecule is COC(=O)C1CN(CC(=O)NC2CCCCC2)CC1C. The van der Waals surface area contributed by atoms with Crippen LogP contribution in [-0.4, -0.2) is 49.6 Å². The van der Waals surface area contributed by atoms with E-state index in [0.717, 1.165) is 19.4 Å². The van der Waals surface area contributed by atoms with E-state index >= 15 is 0 Å². The Labute approximate surface area is 121 Å². The molecule has 114 valence electrons. The number of nitrogens with one attached hydrogen (secondary N) is 1. The minimum Gasteiger partial charge on any atom is -0.469 e. The second-order valence-electron chi connectivity index (χ2n) is 6.20. The first-order valence-electron chi connectivity index (χ1n) is 7.69. The fourth-order valence-electron chi connectivity index (χ4n) is 3.38. The van der Waals surface area contributed by atoms with E-state index in [2.05, 4.69) is 10.2 Å². The highest BCUT2D eigenvalue weighted by Gasteiger charge is 2.36. The minimum atomic E-state index is -0.160. The van der Waals surface area contributed by atoms with Gasteiger partial charge in [-0.25, -0.2) is 0 Å². The van der Waals surface area contributed by atoms with Gasteiger partial charge in [-0.2, -0.15) is 0 Å². The molecule has 0 spiro atoms. The van der Waals surface area contributed by atoms with Crippen LogP contribution in [0, 0.1) is 11.8 Å². The molecular weight excluding hydrogens is 256 g/mol. The number of carbonyl (C=O) groups excluding carboxylic acids is 2. The third-order valence-electron chi connectivity index (χ3n) is 4.53. The molecule has 20 heavy (non-hydrogen) atoms. The van der Waals surface area contributed by atoms with E-state index in [1.807, 2.05) is 6.92 Å². The van der Waals surface area contributed by atoms with Crippen LogP contribution >= 0.6 is 0 Å². The third-order valence-corrected chi connectivity index (χ3v) is 4.53. The molecule has 1 aliphatic heterocycles. The maximum absolute atomic E-state index is 12.1. The van der Waals surface area contributed by atoms with E-state index in [9.17, 15) is 9.59 Å². The number of esters is 1. The standard InChI is InChI=1S/C15H26N2O3/c1-11-8-17(9-13(11)15(19)20-2)10-14(18)16-12-6-4-3-5-7-12/h11-13H,3-10H2,1-2H3,(H,16,18). The Kier molecular flexibility index (Phi) is 5.40. The van der Waals surface area contributed by atoms with Crippen LogP contribution in [-0.2, 0) is 14.3 Å². The molecule has 1 aliphatic carbocycles. The molecular formula is C15H26N2O3. The van der Waals surface area contributed by atoms with Crippen molar-refractivity contribution in [3.63, 3.8) is 0 Å². The van der Waals surface area contributed by atoms with Crippen molar-refractivity contribution >= 4 is 11.9 Å². The molecule has 0 bridgehead atoms. The predicted molar refractivity (Wildman–Crippen MR) is 76.1 cm³/mol. The highest BCUT2D eigenvalue weighted by atomic mass is 16.5. The Morgan fingerprint density at radius 1 is 1.20 bits per heavy atom. The molecule has 1 N–H and O–H groups in total. The van der Waals surface area contributed by atoms with Crippen molar-refractivity contribution in [2.24, 2.45) is 11.8 Å². The fraction of sp³-hybridized carbons (Fsp3) is 0.867. The summed E-state index contributed by atoms with van der Waals surface area (Å²) in [6.07, 6.45) is 5.93. The van der Waals surface area contributed by atoms with Crippen molar-refractivity contribution in [2.45, 2.75) is 45.1 Å². The largest absolute Gasteiger partial charge is 0.469 e. The zero-order valence-electron chi connectivity index (χ0n) is 12.6. The maximum Gasteiger partial charge on any atom is 0.310 e. The second-order valence-corrected chi connectivity index (χ2v) is 6.20. The van der Waals surface area contributed by atoms with E-state index in [1.165, 1.54) is 26.4 Å². The van der Waals surface area contributed by atoms with Gasteiger partial charge in [-0.15, -0.1) is 0 Å². The lowest BCUT2D eigenvalue weighted by molar-refractivity contribution is -0.146. The number of amides is 1. The maximum atomic E-state index is 12.1. The van der Waals surface area contributed by atoms with Crippen molar-refractivity contribution in [1.82, 2.24) is 10.2 Å². The summed E-state index contributed by atoms with van der Waals surface area (Å²) in [7, 11) is 1.42. The molecule has 2 atom stereocenters. The lowest BCUT2D eigenvalue weighted by atomic mass is 9.95. The Balaban J connectivity index is 1.76. The number of likely N-dealkylation sites (tertiary alicyclic amines) is 1. The highest BCUT2D eigenvalue weighted by Crippen LogP contribution is 2.24. The molecule has 0 radical (unpaired) electrons. The van der Waals surface area contributed by atoms with Gasteiger partial charge in [0.05, 0.1) is 19.6 Å². The summed E-state index contributed by atoms with van der Waals surface area (Å²) in [4.78, 5) is 25.7. The zero-order chi connectivity index (χ0) is 14.5. The zero-order valence-corrected chi connectivity index (χ0v) is 12.6. The van der Waals surface area contributed by atoms with Crippen molar-refractivity contribution < 1.29 is 14.3 Å². The first-order chi connectivity index (χ1) is 9.60. The van der Waals surface area contributed by atoms with Gasteiger partial charge < -0.3 is 10.1 Å². The molecule has 1 saturated carbocycles. The monoisotopic (exact) mass is 282 g/mol. The highest BCUT2D eigenvalue weighted by molar-refractivity contribution is 5.79. The van der Waals surface area contributed by atoms with Crippen LogP contribution in [0.5, 0.6) is 0 Å². The van der Waals surface area contributed by atoms with E-state index in [1.54, 1.807) is 0 Å². The van der Waals surface area contributed by atoms with Gasteiger partial charge >= 0.3 is 5.97 Å². The number of ether oxygens (including phenoxy) is 1. The van der Waals surface area contributed by atoms with Crippen LogP contribution in [0.1, 0.15) is 39.0 Å². The van der Waals surface area contributed by atoms with Crippen molar-refractivity contribution in [3.05, 3.63) is 0 Å². The molecule has 5 heteroatoms. The smallest absolute Gasteiger partial charge is 0.310 e. The van der Waals surface area contributed by atoms with Crippen LogP contribution < -0.4 is 5.32 Å². The Bertz CT molecular complexity index is 353. The Morgan fingerprint density at radius 2 is 1.90 bits per heavy atom. The number of hydrogen-bond donors (Lipinski definition) is 1. The second kappa shape index (κ2) is 7.07. The number of rotatable bonds is 4. The minimum absolute atomic E-state index is 0.0922. The molecule has 2 fully saturated rings. The van der Waals surface area contributed by atoms with Gasteiger partial charge in [-0.1, -0.05) is 26.2 Å². The topological polar surface area (TPSA) is 58.6 Å². The summed E-state index contributed by atoms with van der Waals surface area (Å²) >= 11 is 0. The molecule has 0 aromatic rings. The Hall–Kier alpha value is -1.10. The summed E-state index contributed by atoms with van der Waals surface area (Å²) in [5.41, 5.74) is 0. The van der Waals surface area contributed by atoms with Gasteiger partial charge in [0, 0.05) is 19.1 Å². The fourth-order valence-corrected chi connectivity index (χ4v) is 3.38. The molecule has 0 aromatic carbocycles. The number of nitrogens with zero attached hydrogens (tertiary/aromatic N) is 1. The summed E-state index contributed by atoms with van der Waals surface area (Å²) < 4.78 is 4.81. The summed E-state index contributed by atoms with van der Waals surface area (Å²) in [5, 5.41) is 3.12. The molecule has 0 aromatic heterocycles. The number of carbonyl (C=O) groups is 2. The van der Waals surface area contributed by atoms with Gasteiger partial charge in [-0.3, -0.25) is 14.5 Å². The molecule has 5 nitrogen and oxygen atoms in total. The quantitative estimate of drug-likeness (QED) is 0.787.